The predicted octanol–water partition coefficient (Wildman–Crippen LogP) is 2.30. The SMILES string of the molecule is O=C(CCNC(=O)NC12CC3CC(CC(C3)C1)C2)Nc1cccc(S(=O)(=O)N2CCOCC2)c1. The van der Waals surface area contributed by atoms with Gasteiger partial charge in [-0.1, -0.05) is 6.07 Å². The van der Waals surface area contributed by atoms with Crippen molar-refractivity contribution in [2.45, 2.75) is 55.4 Å². The Labute approximate surface area is 201 Å². The number of sulfonamides is 1. The van der Waals surface area contributed by atoms with E-state index in [2.05, 4.69) is 16.0 Å². The van der Waals surface area contributed by atoms with Gasteiger partial charge in [-0.25, -0.2) is 13.2 Å². The number of amides is 3. The van der Waals surface area contributed by atoms with Crippen LogP contribution < -0.4 is 16.0 Å². The Morgan fingerprint density at radius 2 is 1.68 bits per heavy atom. The Kier molecular flexibility index (Phi) is 6.56. The summed E-state index contributed by atoms with van der Waals surface area (Å²) in [6, 6.07) is 6.06. The first kappa shape index (κ1) is 23.6. The second-order valence-corrected chi connectivity index (χ2v) is 12.4. The molecule has 1 aliphatic heterocycles. The number of hydrogen-bond acceptors (Lipinski definition) is 5. The van der Waals surface area contributed by atoms with Gasteiger partial charge in [-0.15, -0.1) is 0 Å². The summed E-state index contributed by atoms with van der Waals surface area (Å²) in [5.41, 5.74) is 0.352. The standard InChI is InChI=1S/C24H34N4O5S/c29-22(26-20-2-1-3-21(13-20)34(31,32)28-6-8-33-9-7-28)4-5-25-23(30)27-24-14-17-10-18(15-24)12-19(11-17)16-24/h1-3,13,17-19H,4-12,14-16H2,(H,26,29)(H2,25,27,30). The van der Waals surface area contributed by atoms with Gasteiger partial charge in [0.15, 0.2) is 0 Å². The van der Waals surface area contributed by atoms with Crippen LogP contribution in [0.15, 0.2) is 29.2 Å². The van der Waals surface area contributed by atoms with Gasteiger partial charge in [0.05, 0.1) is 18.1 Å². The molecule has 3 amide bonds. The van der Waals surface area contributed by atoms with Crippen molar-refractivity contribution in [3.8, 4) is 0 Å². The van der Waals surface area contributed by atoms with Crippen LogP contribution in [0.5, 0.6) is 0 Å². The number of morpholine rings is 1. The van der Waals surface area contributed by atoms with Crippen LogP contribution in [0.2, 0.25) is 0 Å². The first-order chi connectivity index (χ1) is 16.3. The molecule has 1 heterocycles. The van der Waals surface area contributed by atoms with Crippen molar-refractivity contribution in [3.63, 3.8) is 0 Å². The molecular weight excluding hydrogens is 456 g/mol. The second-order valence-electron chi connectivity index (χ2n) is 10.4. The Morgan fingerprint density at radius 3 is 2.32 bits per heavy atom. The number of hydrogen-bond donors (Lipinski definition) is 3. The Morgan fingerprint density at radius 1 is 1.03 bits per heavy atom. The highest BCUT2D eigenvalue weighted by molar-refractivity contribution is 7.89. The molecule has 9 nitrogen and oxygen atoms in total. The largest absolute Gasteiger partial charge is 0.379 e. The van der Waals surface area contributed by atoms with Crippen LogP contribution in [0, 0.1) is 17.8 Å². The lowest BCUT2D eigenvalue weighted by Crippen LogP contribution is -2.61. The van der Waals surface area contributed by atoms with E-state index in [4.69, 9.17) is 4.74 Å². The predicted molar refractivity (Wildman–Crippen MR) is 127 cm³/mol. The fourth-order valence-electron chi connectivity index (χ4n) is 6.73. The van der Waals surface area contributed by atoms with Crippen molar-refractivity contribution in [3.05, 3.63) is 24.3 Å². The molecule has 3 N–H and O–H groups in total. The van der Waals surface area contributed by atoms with Crippen LogP contribution in [0.1, 0.15) is 44.9 Å². The molecule has 5 fully saturated rings. The van der Waals surface area contributed by atoms with E-state index in [-0.39, 0.29) is 35.3 Å². The average molecular weight is 491 g/mol. The summed E-state index contributed by atoms with van der Waals surface area (Å²) >= 11 is 0. The van der Waals surface area contributed by atoms with Crippen LogP contribution in [0.3, 0.4) is 0 Å². The third kappa shape index (κ3) is 5.08. The molecule has 0 spiro atoms. The van der Waals surface area contributed by atoms with Gasteiger partial charge in [0.25, 0.3) is 0 Å². The highest BCUT2D eigenvalue weighted by atomic mass is 32.2. The lowest BCUT2D eigenvalue weighted by molar-refractivity contribution is -0.116. The topological polar surface area (TPSA) is 117 Å². The molecule has 4 aliphatic carbocycles. The smallest absolute Gasteiger partial charge is 0.315 e. The van der Waals surface area contributed by atoms with Crippen LogP contribution >= 0.6 is 0 Å². The van der Waals surface area contributed by atoms with Gasteiger partial charge >= 0.3 is 6.03 Å². The fraction of sp³-hybridized carbons (Fsp3) is 0.667. The second kappa shape index (κ2) is 9.47. The van der Waals surface area contributed by atoms with E-state index in [1.54, 1.807) is 12.1 Å². The molecule has 4 saturated carbocycles. The van der Waals surface area contributed by atoms with Crippen LogP contribution in [-0.2, 0) is 19.6 Å². The van der Waals surface area contributed by atoms with Crippen molar-refractivity contribution in [1.29, 1.82) is 0 Å². The summed E-state index contributed by atoms with van der Waals surface area (Å²) in [5.74, 6) is 1.97. The van der Waals surface area contributed by atoms with E-state index in [0.717, 1.165) is 37.0 Å². The number of rotatable bonds is 7. The van der Waals surface area contributed by atoms with Gasteiger partial charge in [-0.3, -0.25) is 4.79 Å². The van der Waals surface area contributed by atoms with Gasteiger partial charge in [-0.2, -0.15) is 4.31 Å². The Bertz CT molecular complexity index is 1000. The number of urea groups is 1. The zero-order valence-corrected chi connectivity index (χ0v) is 20.2. The highest BCUT2D eigenvalue weighted by Gasteiger charge is 2.51. The van der Waals surface area contributed by atoms with Crippen molar-refractivity contribution in [2.24, 2.45) is 17.8 Å². The minimum Gasteiger partial charge on any atom is -0.379 e. The summed E-state index contributed by atoms with van der Waals surface area (Å²) in [4.78, 5) is 25.1. The minimum atomic E-state index is -3.63. The summed E-state index contributed by atoms with van der Waals surface area (Å²) in [5, 5.41) is 8.81. The maximum atomic E-state index is 12.8. The van der Waals surface area contributed by atoms with Gasteiger partial charge in [0.2, 0.25) is 15.9 Å². The van der Waals surface area contributed by atoms with Crippen LogP contribution in [0.4, 0.5) is 10.5 Å². The Hall–Kier alpha value is -2.17. The normalized spacial score (nSPS) is 30.6. The first-order valence-electron chi connectivity index (χ1n) is 12.4. The molecule has 1 aromatic rings. The van der Waals surface area contributed by atoms with E-state index in [1.807, 2.05) is 0 Å². The Balaban J connectivity index is 1.09. The molecule has 0 aromatic heterocycles. The van der Waals surface area contributed by atoms with E-state index in [9.17, 15) is 18.0 Å². The first-order valence-corrected chi connectivity index (χ1v) is 13.8. The van der Waals surface area contributed by atoms with Crippen molar-refractivity contribution < 1.29 is 22.7 Å². The molecular formula is C24H34N4O5S. The molecule has 0 radical (unpaired) electrons. The molecule has 1 saturated heterocycles. The zero-order chi connectivity index (χ0) is 23.8. The summed E-state index contributed by atoms with van der Waals surface area (Å²) in [6.07, 6.45) is 7.30. The maximum Gasteiger partial charge on any atom is 0.315 e. The van der Waals surface area contributed by atoms with Crippen LogP contribution in [0.25, 0.3) is 0 Å². The molecule has 34 heavy (non-hydrogen) atoms. The van der Waals surface area contributed by atoms with Gasteiger partial charge in [-0.05, 0) is 74.5 Å². The monoisotopic (exact) mass is 490 g/mol. The third-order valence-corrected chi connectivity index (χ3v) is 9.67. The van der Waals surface area contributed by atoms with E-state index < -0.39 is 10.0 Å². The number of carbonyl (C=O) groups is 2. The number of nitrogens with zero attached hydrogens (tertiary/aromatic N) is 1. The quantitative estimate of drug-likeness (QED) is 0.542. The minimum absolute atomic E-state index is 0.0620. The zero-order valence-electron chi connectivity index (χ0n) is 19.4. The number of carbonyl (C=O) groups excluding carboxylic acids is 2. The molecule has 0 unspecified atom stereocenters. The maximum absolute atomic E-state index is 12.8. The number of anilines is 1. The van der Waals surface area contributed by atoms with Crippen molar-refractivity contribution in [1.82, 2.24) is 14.9 Å². The summed E-state index contributed by atoms with van der Waals surface area (Å²) in [7, 11) is -3.63. The molecule has 4 bridgehead atoms. The molecule has 6 rings (SSSR count). The highest BCUT2D eigenvalue weighted by Crippen LogP contribution is 2.55. The average Bonchev–Trinajstić information content (AvgIpc) is 2.78. The fourth-order valence-corrected chi connectivity index (χ4v) is 8.19. The number of nitrogens with one attached hydrogen (secondary N) is 3. The summed E-state index contributed by atoms with van der Waals surface area (Å²) in [6.45, 7) is 1.60. The van der Waals surface area contributed by atoms with Crippen LogP contribution in [-0.4, -0.2) is 63.0 Å². The molecule has 0 atom stereocenters. The number of ether oxygens (including phenoxy) is 1. The number of benzene rings is 1. The van der Waals surface area contributed by atoms with E-state index in [0.29, 0.717) is 32.0 Å². The van der Waals surface area contributed by atoms with Gasteiger partial charge < -0.3 is 20.7 Å². The van der Waals surface area contributed by atoms with Crippen molar-refractivity contribution >= 4 is 27.6 Å². The lowest BCUT2D eigenvalue weighted by Gasteiger charge is -2.56. The lowest BCUT2D eigenvalue weighted by atomic mass is 9.53. The van der Waals surface area contributed by atoms with Gasteiger partial charge in [0.1, 0.15) is 0 Å². The van der Waals surface area contributed by atoms with Crippen molar-refractivity contribution in [2.75, 3.05) is 38.2 Å². The third-order valence-electron chi connectivity index (χ3n) is 7.78. The van der Waals surface area contributed by atoms with E-state index in [1.165, 1.54) is 35.7 Å². The molecule has 5 aliphatic rings. The molecule has 1 aromatic carbocycles. The van der Waals surface area contributed by atoms with Gasteiger partial charge in [0, 0.05) is 37.3 Å². The summed E-state index contributed by atoms with van der Waals surface area (Å²) < 4.78 is 32.3. The molecule has 10 heteroatoms. The van der Waals surface area contributed by atoms with E-state index >= 15 is 0 Å². The molecule has 186 valence electrons.